The molecule has 0 aliphatic carbocycles. The molecule has 11 nitrogen and oxygen atoms in total. The number of carbonyl (C=O) groups excluding carboxylic acids is 4. The Kier molecular flexibility index (Phi) is 6.03. The molecule has 1 aromatic rings. The Morgan fingerprint density at radius 1 is 1.34 bits per heavy atom. The van der Waals surface area contributed by atoms with Gasteiger partial charge in [-0.2, -0.15) is 0 Å². The monoisotopic (exact) mass is 455 g/mol. The van der Waals surface area contributed by atoms with E-state index < -0.39 is 34.3 Å². The number of carbonyl (C=O) groups is 4. The van der Waals surface area contributed by atoms with E-state index in [0.29, 0.717) is 0 Å². The first-order valence-electron chi connectivity index (χ1n) is 9.84. The zero-order valence-electron chi connectivity index (χ0n) is 16.8. The van der Waals surface area contributed by atoms with Crippen molar-refractivity contribution in [2.24, 2.45) is 11.0 Å². The first-order valence-corrected chi connectivity index (χ1v) is 10.7. The number of hydrogen-bond acceptors (Lipinski definition) is 8. The third kappa shape index (κ3) is 3.78. The number of fused-ring (bicyclic) bond motifs is 1. The van der Waals surface area contributed by atoms with Crippen LogP contribution in [0, 0.1) is 5.92 Å². The molecule has 0 N–H and O–H groups in total. The molecule has 0 bridgehead atoms. The third-order valence-corrected chi connectivity index (χ3v) is 7.46. The molecule has 13 heteroatoms. The smallest absolute Gasteiger partial charge is 0.411 e. The number of rotatable bonds is 8. The second-order valence-corrected chi connectivity index (χ2v) is 9.10. The number of β-lactam (4-membered cyclic amide) rings is 1. The van der Waals surface area contributed by atoms with Crippen LogP contribution in [-0.2, 0) is 30.2 Å². The fourth-order valence-electron chi connectivity index (χ4n) is 4.21. The molecule has 0 spiro atoms. The van der Waals surface area contributed by atoms with Gasteiger partial charge in [-0.05, 0) is 11.1 Å². The van der Waals surface area contributed by atoms with Crippen LogP contribution in [0.25, 0.3) is 10.4 Å². The Morgan fingerprint density at radius 3 is 2.78 bits per heavy atom. The van der Waals surface area contributed by atoms with Crippen molar-refractivity contribution < 1.29 is 28.6 Å². The van der Waals surface area contributed by atoms with Crippen LogP contribution in [0.4, 0.5) is 4.79 Å². The van der Waals surface area contributed by atoms with Crippen molar-refractivity contribution in [3.63, 3.8) is 0 Å². The summed E-state index contributed by atoms with van der Waals surface area (Å²) in [5.74, 6) is -1.88. The van der Waals surface area contributed by atoms with Crippen molar-refractivity contribution in [2.75, 3.05) is 19.6 Å². The van der Waals surface area contributed by atoms with Gasteiger partial charge in [0.1, 0.15) is 11.9 Å². The highest BCUT2D eigenvalue weighted by atomic mass is 32.2. The summed E-state index contributed by atoms with van der Waals surface area (Å²) in [6.45, 7) is -0.268. The maximum absolute atomic E-state index is 12.7. The summed E-state index contributed by atoms with van der Waals surface area (Å²) in [5, 5.41) is 2.92. The fraction of sp³-hybridized carbons (Fsp3) is 0.474. The SMILES string of the molecule is [B]OC(=O)[C@@]1(N2CC(CN=[N+]=[N-])OC2=O)CN2C(=O)[C@@H](CC(=O)Cc3ccccc3)[C@H]2S1. The highest BCUT2D eigenvalue weighted by Crippen LogP contribution is 2.53. The molecule has 1 aromatic carbocycles. The van der Waals surface area contributed by atoms with Crippen LogP contribution in [0.5, 0.6) is 0 Å². The van der Waals surface area contributed by atoms with Crippen LogP contribution in [-0.4, -0.2) is 77.6 Å². The van der Waals surface area contributed by atoms with Crippen molar-refractivity contribution in [1.29, 1.82) is 0 Å². The molecule has 164 valence electrons. The zero-order chi connectivity index (χ0) is 22.9. The van der Waals surface area contributed by atoms with Crippen molar-refractivity contribution in [1.82, 2.24) is 9.80 Å². The molecule has 0 saturated carbocycles. The van der Waals surface area contributed by atoms with Crippen molar-refractivity contribution in [3.8, 4) is 0 Å². The van der Waals surface area contributed by atoms with Crippen molar-refractivity contribution in [2.45, 2.75) is 29.2 Å². The molecule has 3 fully saturated rings. The highest BCUT2D eigenvalue weighted by Gasteiger charge is 2.66. The Labute approximate surface area is 188 Å². The van der Waals surface area contributed by atoms with Crippen molar-refractivity contribution in [3.05, 3.63) is 46.3 Å². The van der Waals surface area contributed by atoms with Gasteiger partial charge in [0, 0.05) is 17.8 Å². The minimum atomic E-state index is -1.60. The summed E-state index contributed by atoms with van der Waals surface area (Å²) in [7, 11) is 5.15. The number of hydrogen-bond donors (Lipinski definition) is 0. The quantitative estimate of drug-likeness (QED) is 0.188. The van der Waals surface area contributed by atoms with E-state index in [-0.39, 0.29) is 44.2 Å². The summed E-state index contributed by atoms with van der Waals surface area (Å²) in [6, 6.07) is 9.20. The maximum Gasteiger partial charge on any atom is 0.411 e. The molecule has 4 atom stereocenters. The Bertz CT molecular complexity index is 1010. The minimum Gasteiger partial charge on any atom is -0.541 e. The number of thioether (sulfide) groups is 1. The van der Waals surface area contributed by atoms with Crippen LogP contribution in [0.3, 0.4) is 0 Å². The summed E-state index contributed by atoms with van der Waals surface area (Å²) < 4.78 is 9.66. The van der Waals surface area contributed by atoms with Crippen molar-refractivity contribution >= 4 is 43.6 Å². The zero-order valence-corrected chi connectivity index (χ0v) is 17.6. The number of azide groups is 1. The second-order valence-electron chi connectivity index (χ2n) is 7.71. The van der Waals surface area contributed by atoms with Gasteiger partial charge in [0.25, 0.3) is 0 Å². The lowest BCUT2D eigenvalue weighted by molar-refractivity contribution is -0.153. The average molecular weight is 455 g/mol. The maximum atomic E-state index is 12.7. The number of benzene rings is 1. The van der Waals surface area contributed by atoms with Crippen LogP contribution < -0.4 is 0 Å². The van der Waals surface area contributed by atoms with Gasteiger partial charge in [0.05, 0.1) is 30.9 Å². The van der Waals surface area contributed by atoms with Gasteiger partial charge < -0.3 is 14.3 Å². The number of ketones is 1. The molecule has 4 rings (SSSR count). The molecule has 3 heterocycles. The lowest BCUT2D eigenvalue weighted by atomic mass is 9.90. The first-order chi connectivity index (χ1) is 15.4. The molecule has 1 unspecified atom stereocenters. The number of ether oxygens (including phenoxy) is 1. The third-order valence-electron chi connectivity index (χ3n) is 5.73. The predicted octanol–water partition coefficient (Wildman–Crippen LogP) is 1.17. The van der Waals surface area contributed by atoms with E-state index in [0.717, 1.165) is 22.2 Å². The van der Waals surface area contributed by atoms with E-state index in [9.17, 15) is 19.2 Å². The standard InChI is InChI=1S/C19H18BN5O6S/c20-31-17(28)19(25-9-13(8-22-23-21)30-18(25)29)10-24-15(27)14(16(24)32-19)7-12(26)6-11-4-2-1-3-5-11/h1-5,13-14,16H,6-10H2/t13?,14-,16-,19-/m1/s1. The Balaban J connectivity index is 1.48. The lowest BCUT2D eigenvalue weighted by Gasteiger charge is -2.41. The summed E-state index contributed by atoms with van der Waals surface area (Å²) in [6.07, 6.45) is -1.31. The predicted molar refractivity (Wildman–Crippen MR) is 112 cm³/mol. The second kappa shape index (κ2) is 8.75. The molecular formula is C19H18BN5O6S. The molecule has 32 heavy (non-hydrogen) atoms. The minimum absolute atomic E-state index is 0.0274. The molecule has 2 amide bonds. The Hall–Kier alpha value is -3.18. The first kappa shape index (κ1) is 22.0. The molecule has 0 aromatic heterocycles. The molecule has 3 aliphatic heterocycles. The summed E-state index contributed by atoms with van der Waals surface area (Å²) in [5.41, 5.74) is 9.34. The van der Waals surface area contributed by atoms with E-state index in [1.807, 2.05) is 30.3 Å². The average Bonchev–Trinajstić information content (AvgIpc) is 3.35. The fourth-order valence-corrected chi connectivity index (χ4v) is 5.93. The van der Waals surface area contributed by atoms with E-state index in [2.05, 4.69) is 14.7 Å². The van der Waals surface area contributed by atoms with Crippen LogP contribution in [0.2, 0.25) is 0 Å². The van der Waals surface area contributed by atoms with E-state index >= 15 is 0 Å². The highest BCUT2D eigenvalue weighted by molar-refractivity contribution is 8.02. The molecule has 3 aliphatic rings. The number of Topliss-reactive ketones (excluding diaryl/α,β-unsaturated/α-hetero) is 1. The number of amides is 2. The van der Waals surface area contributed by atoms with Gasteiger partial charge in [-0.3, -0.25) is 19.3 Å². The largest absolute Gasteiger partial charge is 0.541 e. The number of cyclic esters (lactones) is 1. The number of nitrogens with zero attached hydrogens (tertiary/aromatic N) is 5. The van der Waals surface area contributed by atoms with E-state index in [1.54, 1.807) is 0 Å². The lowest BCUT2D eigenvalue weighted by Crippen LogP contribution is -2.59. The van der Waals surface area contributed by atoms with Crippen LogP contribution in [0.15, 0.2) is 35.4 Å². The van der Waals surface area contributed by atoms with Gasteiger partial charge in [-0.15, -0.1) is 0 Å². The normalized spacial score (nSPS) is 28.4. The van der Waals surface area contributed by atoms with Gasteiger partial charge in [0.2, 0.25) is 10.8 Å². The Morgan fingerprint density at radius 2 is 2.09 bits per heavy atom. The van der Waals surface area contributed by atoms with E-state index in [4.69, 9.17) is 18.3 Å². The van der Waals surface area contributed by atoms with Crippen LogP contribution >= 0.6 is 11.8 Å². The molecule has 2 radical (unpaired) electrons. The van der Waals surface area contributed by atoms with Gasteiger partial charge in [-0.25, -0.2) is 4.79 Å². The van der Waals surface area contributed by atoms with Gasteiger partial charge in [-0.1, -0.05) is 47.2 Å². The molecule has 3 saturated heterocycles. The van der Waals surface area contributed by atoms with E-state index in [1.165, 1.54) is 4.90 Å². The summed E-state index contributed by atoms with van der Waals surface area (Å²) >= 11 is 1.05. The topological polar surface area (TPSA) is 142 Å². The molecular weight excluding hydrogens is 437 g/mol. The van der Waals surface area contributed by atoms with Crippen LogP contribution in [0.1, 0.15) is 12.0 Å². The summed E-state index contributed by atoms with van der Waals surface area (Å²) in [4.78, 5) is 54.1. The van der Waals surface area contributed by atoms with Gasteiger partial charge >= 0.3 is 20.1 Å². The van der Waals surface area contributed by atoms with Gasteiger partial charge in [0.15, 0.2) is 0 Å².